The van der Waals surface area contributed by atoms with E-state index in [1.807, 2.05) is 0 Å². The number of esters is 6. The summed E-state index contributed by atoms with van der Waals surface area (Å²) in [6, 6.07) is 2.08. The molecule has 4 unspecified atom stereocenters. The van der Waals surface area contributed by atoms with Crippen molar-refractivity contribution in [2.75, 3.05) is 39.6 Å². The second-order valence-electron chi connectivity index (χ2n) is 15.3. The van der Waals surface area contributed by atoms with Crippen molar-refractivity contribution in [1.29, 1.82) is 5.26 Å². The normalized spacial score (nSPS) is 16.0. The van der Waals surface area contributed by atoms with Crippen LogP contribution in [0.5, 0.6) is 0 Å². The highest BCUT2D eigenvalue weighted by Crippen LogP contribution is 2.43. The summed E-state index contributed by atoms with van der Waals surface area (Å²) in [5.41, 5.74) is -5.31. The number of nitriles is 1. The lowest BCUT2D eigenvalue weighted by Gasteiger charge is -2.36. The zero-order valence-electron chi connectivity index (χ0n) is 33.4. The van der Waals surface area contributed by atoms with Gasteiger partial charge in [-0.05, 0) is 45.4 Å². The summed E-state index contributed by atoms with van der Waals surface area (Å²) < 4.78 is 102. The summed E-state index contributed by atoms with van der Waals surface area (Å²) in [6.45, 7) is 14.1. The first-order valence-electron chi connectivity index (χ1n) is 17.9. The number of alkyl halides is 6. The quantitative estimate of drug-likeness (QED) is 0.0332. The van der Waals surface area contributed by atoms with E-state index in [9.17, 15) is 60.4 Å². The number of nitrogens with zero attached hydrogens (tertiary/aromatic N) is 2. The van der Waals surface area contributed by atoms with Crippen molar-refractivity contribution in [2.24, 2.45) is 28.1 Å². The largest absolute Gasteiger partial charge is 0.466 e. The third-order valence-corrected chi connectivity index (χ3v) is 9.53. The van der Waals surface area contributed by atoms with Crippen LogP contribution in [0.25, 0.3) is 4.85 Å². The maximum Gasteiger partial charge on any atom is 0.422 e. The minimum absolute atomic E-state index is 0.0483. The smallest absolute Gasteiger partial charge is 0.422 e. The molecule has 0 rings (SSSR count). The number of rotatable bonds is 24. The van der Waals surface area contributed by atoms with Crippen LogP contribution in [0.15, 0.2) is 0 Å². The summed E-state index contributed by atoms with van der Waals surface area (Å²) >= 11 is 0. The number of ether oxygens (including phenoxy) is 6. The standard InChI is InChI=1S/C37H52F6N2O12/c1-24(2)34(7,30(50)54-17-28(48)56-22-36(38,39)40)19-32(5,21-44)13-11-26(46)52-15-10-16-53-27(47)12-14-33(6,45-9)20-35(8,25(3)4)31(51)55-18-29(49)57-23-37(41,42)43/h24-25H,10-20,22-23H2,1-8H3. The van der Waals surface area contributed by atoms with Crippen LogP contribution in [0, 0.1) is 46.0 Å². The van der Waals surface area contributed by atoms with Crippen LogP contribution in [-0.2, 0) is 57.2 Å². The van der Waals surface area contributed by atoms with Crippen molar-refractivity contribution in [1.82, 2.24) is 0 Å². The van der Waals surface area contributed by atoms with Crippen molar-refractivity contribution in [2.45, 2.75) is 118 Å². The highest BCUT2D eigenvalue weighted by Gasteiger charge is 2.48. The zero-order chi connectivity index (χ0) is 44.5. The van der Waals surface area contributed by atoms with Crippen LogP contribution in [0.1, 0.15) is 100 Å². The van der Waals surface area contributed by atoms with E-state index >= 15 is 0 Å². The maximum atomic E-state index is 12.9. The maximum absolute atomic E-state index is 12.9. The van der Waals surface area contributed by atoms with Crippen LogP contribution < -0.4 is 0 Å². The van der Waals surface area contributed by atoms with Crippen LogP contribution in [0.3, 0.4) is 0 Å². The van der Waals surface area contributed by atoms with Crippen molar-refractivity contribution < 1.29 is 83.5 Å². The van der Waals surface area contributed by atoms with E-state index in [1.165, 1.54) is 27.7 Å². The molecule has 0 saturated carbocycles. The Morgan fingerprint density at radius 3 is 1.35 bits per heavy atom. The first kappa shape index (κ1) is 52.4. The predicted octanol–water partition coefficient (Wildman–Crippen LogP) is 6.63. The monoisotopic (exact) mass is 830 g/mol. The van der Waals surface area contributed by atoms with Gasteiger partial charge in [-0.15, -0.1) is 0 Å². The molecule has 57 heavy (non-hydrogen) atoms. The molecule has 20 heteroatoms. The second-order valence-corrected chi connectivity index (χ2v) is 15.3. The molecule has 0 radical (unpaired) electrons. The Hall–Kier alpha value is -4.62. The van der Waals surface area contributed by atoms with Crippen LogP contribution >= 0.6 is 0 Å². The van der Waals surface area contributed by atoms with E-state index in [4.69, 9.17) is 25.5 Å². The minimum Gasteiger partial charge on any atom is -0.466 e. The third-order valence-electron chi connectivity index (χ3n) is 9.53. The number of hydrogen-bond donors (Lipinski definition) is 0. The van der Waals surface area contributed by atoms with Gasteiger partial charge in [0.2, 0.25) is 5.54 Å². The molecule has 0 aliphatic rings. The fourth-order valence-corrected chi connectivity index (χ4v) is 5.30. The predicted molar refractivity (Wildman–Crippen MR) is 185 cm³/mol. The molecule has 0 aromatic carbocycles. The van der Waals surface area contributed by atoms with Crippen molar-refractivity contribution in [3.63, 3.8) is 0 Å². The van der Waals surface area contributed by atoms with Crippen LogP contribution in [0.4, 0.5) is 26.3 Å². The SMILES string of the molecule is [C-]#[N+]C(C)(CCC(=O)OCCCOC(=O)CCC(C)(C#N)CC(C)(C(=O)OCC(=O)OCC(F)(F)F)C(C)C)CC(C)(C(=O)OCC(=O)OCC(F)(F)F)C(C)C. The lowest BCUT2D eigenvalue weighted by Crippen LogP contribution is -2.42. The molecule has 0 spiro atoms. The summed E-state index contributed by atoms with van der Waals surface area (Å²) in [5, 5.41) is 9.91. The summed E-state index contributed by atoms with van der Waals surface area (Å²) in [4.78, 5) is 77.6. The van der Waals surface area contributed by atoms with Gasteiger partial charge in [-0.2, -0.15) is 31.6 Å². The first-order valence-corrected chi connectivity index (χ1v) is 17.9. The van der Waals surface area contributed by atoms with Gasteiger partial charge in [-0.3, -0.25) is 19.2 Å². The summed E-state index contributed by atoms with van der Waals surface area (Å²) in [6.07, 6.45) is -10.3. The molecule has 0 fully saturated rings. The molecular formula is C37H52F6N2O12. The third kappa shape index (κ3) is 19.9. The number of carbonyl (C=O) groups is 6. The van der Waals surface area contributed by atoms with Crippen molar-refractivity contribution >= 4 is 35.8 Å². The number of carbonyl (C=O) groups excluding carboxylic acids is 6. The fourth-order valence-electron chi connectivity index (χ4n) is 5.30. The molecule has 0 bridgehead atoms. The molecule has 0 heterocycles. The fraction of sp³-hybridized carbons (Fsp3) is 0.784. The highest BCUT2D eigenvalue weighted by atomic mass is 19.4. The first-order chi connectivity index (χ1) is 26.0. The Labute approximate surface area is 328 Å². The van der Waals surface area contributed by atoms with E-state index < -0.39 is 108 Å². The number of halogens is 6. The second kappa shape index (κ2) is 22.4. The Balaban J connectivity index is 4.96. The average Bonchev–Trinajstić information content (AvgIpc) is 3.11. The highest BCUT2D eigenvalue weighted by molar-refractivity contribution is 5.81. The van der Waals surface area contributed by atoms with E-state index in [1.54, 1.807) is 27.7 Å². The average molecular weight is 831 g/mol. The van der Waals surface area contributed by atoms with Gasteiger partial charge in [0.05, 0.1) is 41.9 Å². The molecule has 0 aliphatic heterocycles. The zero-order valence-corrected chi connectivity index (χ0v) is 33.4. The Morgan fingerprint density at radius 1 is 0.614 bits per heavy atom. The molecule has 14 nitrogen and oxygen atoms in total. The Bertz CT molecular complexity index is 1380. The lowest BCUT2D eigenvalue weighted by molar-refractivity contribution is -0.191. The Kier molecular flexibility index (Phi) is 20.5. The Morgan fingerprint density at radius 2 is 1.00 bits per heavy atom. The lowest BCUT2D eigenvalue weighted by atomic mass is 9.66. The van der Waals surface area contributed by atoms with Crippen molar-refractivity contribution in [3.8, 4) is 6.07 Å². The molecule has 0 amide bonds. The van der Waals surface area contributed by atoms with Gasteiger partial charge in [-0.25, -0.2) is 16.2 Å². The number of hydrogen-bond acceptors (Lipinski definition) is 13. The van der Waals surface area contributed by atoms with Gasteiger partial charge in [0.1, 0.15) is 0 Å². The molecule has 0 aromatic rings. The topological polar surface area (TPSA) is 186 Å². The van der Waals surface area contributed by atoms with Gasteiger partial charge < -0.3 is 33.3 Å². The molecule has 0 N–H and O–H groups in total. The van der Waals surface area contributed by atoms with E-state index in [2.05, 4.69) is 20.4 Å². The molecular weight excluding hydrogens is 778 g/mol. The summed E-state index contributed by atoms with van der Waals surface area (Å²) in [7, 11) is 0. The molecule has 0 aliphatic carbocycles. The molecule has 4 atom stereocenters. The molecule has 324 valence electrons. The molecule has 0 saturated heterocycles. The van der Waals surface area contributed by atoms with Gasteiger partial charge in [0, 0.05) is 32.6 Å². The van der Waals surface area contributed by atoms with Crippen LogP contribution in [-0.4, -0.2) is 93.3 Å². The summed E-state index contributed by atoms with van der Waals surface area (Å²) in [5.74, 6) is -6.97. The molecule has 0 aromatic heterocycles. The van der Waals surface area contributed by atoms with E-state index in [0.717, 1.165) is 0 Å². The van der Waals surface area contributed by atoms with Crippen LogP contribution in [0.2, 0.25) is 0 Å². The van der Waals surface area contributed by atoms with Gasteiger partial charge >= 0.3 is 48.2 Å². The van der Waals surface area contributed by atoms with Gasteiger partial charge in [0.15, 0.2) is 26.4 Å². The van der Waals surface area contributed by atoms with E-state index in [0.29, 0.717) is 0 Å². The van der Waals surface area contributed by atoms with Gasteiger partial charge in [-0.1, -0.05) is 27.7 Å². The van der Waals surface area contributed by atoms with Crippen molar-refractivity contribution in [3.05, 3.63) is 11.4 Å². The van der Waals surface area contributed by atoms with Gasteiger partial charge in [0.25, 0.3) is 0 Å². The minimum atomic E-state index is -4.76. The van der Waals surface area contributed by atoms with E-state index in [-0.39, 0.29) is 58.2 Å².